The predicted molar refractivity (Wildman–Crippen MR) is 66.3 cm³/mol. The van der Waals surface area contributed by atoms with Gasteiger partial charge in [-0.25, -0.2) is 4.79 Å². The first kappa shape index (κ1) is 41.0. The molecule has 0 unspecified atom stereocenters. The summed E-state index contributed by atoms with van der Waals surface area (Å²) in [6.07, 6.45) is -5.00. The molecule has 17 heteroatoms. The summed E-state index contributed by atoms with van der Waals surface area (Å²) in [6.45, 7) is 0. The number of carbonyl (C=O) groups is 6. The molecule has 5 N–H and O–H groups in total. The zero-order chi connectivity index (χ0) is 21.3. The zero-order valence-electron chi connectivity index (χ0n) is 15.7. The van der Waals surface area contributed by atoms with Gasteiger partial charge < -0.3 is 55.2 Å². The van der Waals surface area contributed by atoms with Gasteiger partial charge >= 0.3 is 172 Å². The summed E-state index contributed by atoms with van der Waals surface area (Å²) in [5.41, 5.74) is -5.71. The van der Waals surface area contributed by atoms with E-state index in [1.54, 1.807) is 0 Å². The Morgan fingerprint density at radius 3 is 1.00 bits per heavy atom. The Labute approximate surface area is 290 Å². The van der Waals surface area contributed by atoms with Crippen molar-refractivity contribution in [1.29, 1.82) is 0 Å². The zero-order valence-corrected chi connectivity index (χ0v) is 25.1. The number of rotatable bonds is 10. The molecule has 0 rings (SSSR count). The van der Waals surface area contributed by atoms with Gasteiger partial charge in [0.2, 0.25) is 0 Å². The van der Waals surface area contributed by atoms with Crippen LogP contribution >= 0.6 is 0 Å². The van der Waals surface area contributed by atoms with Gasteiger partial charge in [0, 0.05) is 24.8 Å². The number of hydrogen-bond acceptors (Lipinski definition) is 11. The van der Waals surface area contributed by atoms with Crippen molar-refractivity contribution in [3.63, 3.8) is 0 Å². The van der Waals surface area contributed by atoms with Crippen LogP contribution in [0.1, 0.15) is 25.7 Å². The summed E-state index contributed by atoms with van der Waals surface area (Å²) < 4.78 is 0. The number of aliphatic hydroxyl groups is 2. The third kappa shape index (κ3) is 20.0. The van der Waals surface area contributed by atoms with Crippen LogP contribution in [0.15, 0.2) is 0 Å². The van der Waals surface area contributed by atoms with E-state index in [4.69, 9.17) is 25.5 Å². The first-order valence-electron chi connectivity index (χ1n) is 6.28. The molecule has 14 nitrogen and oxygen atoms in total. The molecule has 0 spiro atoms. The first-order valence-corrected chi connectivity index (χ1v) is 6.28. The fraction of sp³-hybridized carbons (Fsp3) is 0.500. The number of hydrogen-bond donors (Lipinski definition) is 5. The summed E-state index contributed by atoms with van der Waals surface area (Å²) in [5, 5.41) is 72.7. The number of aliphatic carboxylic acids is 6. The van der Waals surface area contributed by atoms with E-state index in [-0.39, 0.29) is 154 Å². The number of carboxylic acid groups (broad SMARTS) is 6. The second-order valence-corrected chi connectivity index (χ2v) is 4.89. The molecule has 0 aliphatic rings. The van der Waals surface area contributed by atoms with E-state index in [0.29, 0.717) is 0 Å². The molecule has 148 valence electrons. The molecule has 0 aromatic carbocycles. The summed E-state index contributed by atoms with van der Waals surface area (Å²) >= 11 is 0. The van der Waals surface area contributed by atoms with Crippen LogP contribution in [-0.2, 0) is 28.8 Å². The van der Waals surface area contributed by atoms with Crippen LogP contribution in [-0.4, -0.2) is 72.6 Å². The van der Waals surface area contributed by atoms with Gasteiger partial charge in [-0.05, 0) is 0 Å². The van der Waals surface area contributed by atoms with Crippen LogP contribution in [0.2, 0.25) is 0 Å². The van der Waals surface area contributed by atoms with E-state index >= 15 is 0 Å². The van der Waals surface area contributed by atoms with Gasteiger partial charge in [0.15, 0.2) is 5.60 Å². The Hall–Kier alpha value is 1.65. The Kier molecular flexibility index (Phi) is 27.0. The third-order valence-corrected chi connectivity index (χ3v) is 2.54. The fourth-order valence-electron chi connectivity index (χ4n) is 1.40. The SMILES string of the molecule is O=C(O)CC(O)(CC(=O)O)C(=O)O.O=C([O-])CC(O)(CC(=O)[O-])C(=O)[O-].[K+].[K+].[K+]. The van der Waals surface area contributed by atoms with Crippen molar-refractivity contribution in [1.82, 2.24) is 0 Å². The van der Waals surface area contributed by atoms with Crippen LogP contribution in [0.25, 0.3) is 0 Å². The monoisotopic (exact) mass is 498 g/mol. The summed E-state index contributed by atoms with van der Waals surface area (Å²) in [5.74, 6) is -11.0. The Morgan fingerprint density at radius 1 is 0.586 bits per heavy atom. The van der Waals surface area contributed by atoms with Gasteiger partial charge in [-0.15, -0.1) is 0 Å². The molecule has 0 bridgehead atoms. The van der Waals surface area contributed by atoms with Crippen LogP contribution in [0.3, 0.4) is 0 Å². The normalized spacial score (nSPS) is 9.72. The van der Waals surface area contributed by atoms with Gasteiger partial charge in [0.1, 0.15) is 5.60 Å². The van der Waals surface area contributed by atoms with E-state index in [2.05, 4.69) is 0 Å². The largest absolute Gasteiger partial charge is 1.00 e. The molecule has 0 aromatic heterocycles. The smallest absolute Gasteiger partial charge is 0.550 e. The Morgan fingerprint density at radius 2 is 0.862 bits per heavy atom. The van der Waals surface area contributed by atoms with Crippen molar-refractivity contribution >= 4 is 35.8 Å². The minimum absolute atomic E-state index is 0. The van der Waals surface area contributed by atoms with Crippen LogP contribution in [0.4, 0.5) is 0 Å². The van der Waals surface area contributed by atoms with Crippen molar-refractivity contribution in [2.45, 2.75) is 36.9 Å². The van der Waals surface area contributed by atoms with Crippen molar-refractivity contribution < 1.29 is 224 Å². The standard InChI is InChI=1S/2C6H8O7.3K/c2*7-3(8)1-6(13,5(11)12)2-4(9)10;;;/h2*13H,1-2H2,(H,7,8)(H,9,10)(H,11,12);;;/q;;3*+1/p-3. The van der Waals surface area contributed by atoms with Gasteiger partial charge in [-0.2, -0.15) is 0 Å². The average Bonchev–Trinajstić information content (AvgIpc) is 2.34. The van der Waals surface area contributed by atoms with E-state index in [1.165, 1.54) is 0 Å². The molecule has 0 aromatic rings. The van der Waals surface area contributed by atoms with Crippen LogP contribution in [0.5, 0.6) is 0 Å². The Bertz CT molecular complexity index is 521. The molecule has 0 saturated heterocycles. The van der Waals surface area contributed by atoms with Crippen LogP contribution < -0.4 is 169 Å². The molecule has 0 radical (unpaired) electrons. The van der Waals surface area contributed by atoms with Gasteiger partial charge in [-0.3, -0.25) is 9.59 Å². The molecular weight excluding hydrogens is 485 g/mol. The van der Waals surface area contributed by atoms with Crippen molar-refractivity contribution in [3.8, 4) is 0 Å². The molecule has 0 atom stereocenters. The Balaban J connectivity index is -0.000000120. The van der Waals surface area contributed by atoms with Gasteiger partial charge in [-0.1, -0.05) is 0 Å². The van der Waals surface area contributed by atoms with E-state index in [1.807, 2.05) is 0 Å². The third-order valence-electron chi connectivity index (χ3n) is 2.54. The fourth-order valence-corrected chi connectivity index (χ4v) is 1.40. The minimum atomic E-state index is -2.97. The topological polar surface area (TPSA) is 273 Å². The predicted octanol–water partition coefficient (Wildman–Crippen LogP) is -15.5. The molecule has 0 aliphatic heterocycles. The summed E-state index contributed by atoms with van der Waals surface area (Å²) in [4.78, 5) is 60.5. The molecule has 29 heavy (non-hydrogen) atoms. The quantitative estimate of drug-likeness (QED) is 0.175. The molecule has 0 heterocycles. The maximum absolute atomic E-state index is 10.3. The minimum Gasteiger partial charge on any atom is -0.550 e. The first-order chi connectivity index (χ1) is 11.6. The molecule has 0 fully saturated rings. The van der Waals surface area contributed by atoms with Crippen LogP contribution in [0, 0.1) is 0 Å². The maximum Gasteiger partial charge on any atom is 1.00 e. The van der Waals surface area contributed by atoms with E-state index < -0.39 is 72.7 Å². The van der Waals surface area contributed by atoms with Gasteiger partial charge in [0.05, 0.1) is 18.8 Å². The number of carboxylic acids is 6. The molecular formula is C12H13K3O14. The summed E-state index contributed by atoms with van der Waals surface area (Å²) in [7, 11) is 0. The van der Waals surface area contributed by atoms with E-state index in [0.717, 1.165) is 0 Å². The molecule has 0 amide bonds. The van der Waals surface area contributed by atoms with Gasteiger partial charge in [0.25, 0.3) is 0 Å². The second-order valence-electron chi connectivity index (χ2n) is 4.89. The average molecular weight is 499 g/mol. The second kappa shape index (κ2) is 19.1. The van der Waals surface area contributed by atoms with Crippen molar-refractivity contribution in [2.24, 2.45) is 0 Å². The number of carbonyl (C=O) groups excluding carboxylic acids is 3. The maximum atomic E-state index is 10.3. The summed E-state index contributed by atoms with van der Waals surface area (Å²) in [6, 6.07) is 0. The molecule has 0 aliphatic carbocycles. The van der Waals surface area contributed by atoms with E-state index in [9.17, 15) is 44.1 Å². The van der Waals surface area contributed by atoms with Crippen molar-refractivity contribution in [2.75, 3.05) is 0 Å². The molecule has 0 saturated carbocycles. The van der Waals surface area contributed by atoms with Crippen molar-refractivity contribution in [3.05, 3.63) is 0 Å².